The molecule has 114 valence electrons. The van der Waals surface area contributed by atoms with Gasteiger partial charge in [-0.3, -0.25) is 0 Å². The van der Waals surface area contributed by atoms with Crippen molar-refractivity contribution in [2.45, 2.75) is 53.5 Å². The molecule has 1 aromatic heterocycles. The summed E-state index contributed by atoms with van der Waals surface area (Å²) < 4.78 is 0. The summed E-state index contributed by atoms with van der Waals surface area (Å²) in [5.41, 5.74) is 5.67. The zero-order valence-corrected chi connectivity index (χ0v) is 14.7. The molecule has 21 heavy (non-hydrogen) atoms. The molecule has 0 amide bonds. The van der Waals surface area contributed by atoms with Crippen molar-refractivity contribution in [3.63, 3.8) is 0 Å². The summed E-state index contributed by atoms with van der Waals surface area (Å²) in [7, 11) is 0. The van der Waals surface area contributed by atoms with Crippen molar-refractivity contribution < 1.29 is 0 Å². The fourth-order valence-electron chi connectivity index (χ4n) is 2.77. The van der Waals surface area contributed by atoms with Gasteiger partial charge in [0.25, 0.3) is 0 Å². The molecule has 1 aromatic carbocycles. The molecule has 0 aliphatic rings. The molecule has 0 aliphatic carbocycles. The minimum Gasteiger partial charge on any atom is -0.310 e. The zero-order valence-electron chi connectivity index (χ0n) is 13.9. The van der Waals surface area contributed by atoms with E-state index in [-0.39, 0.29) is 0 Å². The van der Waals surface area contributed by atoms with Gasteiger partial charge in [0.1, 0.15) is 0 Å². The summed E-state index contributed by atoms with van der Waals surface area (Å²) in [6.45, 7) is 12.1. The molecule has 0 fully saturated rings. The maximum absolute atomic E-state index is 3.73. The van der Waals surface area contributed by atoms with E-state index in [1.807, 2.05) is 11.3 Å². The average Bonchev–Trinajstić information content (AvgIpc) is 2.77. The first kappa shape index (κ1) is 16.3. The fourth-order valence-corrected chi connectivity index (χ4v) is 3.76. The summed E-state index contributed by atoms with van der Waals surface area (Å²) in [5.74, 6) is 0. The lowest BCUT2D eigenvalue weighted by molar-refractivity contribution is 0.528. The number of hydrogen-bond donors (Lipinski definition) is 1. The highest BCUT2D eigenvalue weighted by molar-refractivity contribution is 7.12. The first-order valence-corrected chi connectivity index (χ1v) is 8.69. The molecule has 2 heteroatoms. The second-order valence-corrected chi connectivity index (χ2v) is 7.46. The Morgan fingerprint density at radius 2 is 1.81 bits per heavy atom. The number of aryl methyl sites for hydroxylation is 4. The normalized spacial score (nSPS) is 12.6. The van der Waals surface area contributed by atoms with Crippen LogP contribution in [0.5, 0.6) is 0 Å². The Labute approximate surface area is 133 Å². The highest BCUT2D eigenvalue weighted by Crippen LogP contribution is 2.29. The van der Waals surface area contributed by atoms with Gasteiger partial charge in [-0.15, -0.1) is 11.3 Å². The molecule has 2 rings (SSSR count). The summed E-state index contributed by atoms with van der Waals surface area (Å²) in [4.78, 5) is 2.86. The Balaban J connectivity index is 2.23. The van der Waals surface area contributed by atoms with Crippen LogP contribution in [0.2, 0.25) is 0 Å². The molecular formula is C19H27NS. The highest BCUT2D eigenvalue weighted by atomic mass is 32.1. The van der Waals surface area contributed by atoms with Gasteiger partial charge >= 0.3 is 0 Å². The van der Waals surface area contributed by atoms with Crippen LogP contribution < -0.4 is 5.32 Å². The second-order valence-electron chi connectivity index (χ2n) is 6.00. The van der Waals surface area contributed by atoms with E-state index >= 15 is 0 Å². The number of nitrogens with one attached hydrogen (secondary N) is 1. The molecule has 0 bridgehead atoms. The molecule has 0 aliphatic heterocycles. The summed E-state index contributed by atoms with van der Waals surface area (Å²) in [6.07, 6.45) is 2.24. The van der Waals surface area contributed by atoms with Crippen molar-refractivity contribution in [2.75, 3.05) is 6.54 Å². The van der Waals surface area contributed by atoms with E-state index in [0.717, 1.165) is 13.0 Å². The Hall–Kier alpha value is -1.12. The Kier molecular flexibility index (Phi) is 5.60. The standard InChI is InChI=1S/C19H27NS/c1-6-9-20-19(18-11-15(4)21-16(18)5)12-17-8-7-13(2)14(3)10-17/h7-8,10-11,19-20H,6,9,12H2,1-5H3. The van der Waals surface area contributed by atoms with Crippen LogP contribution in [0.3, 0.4) is 0 Å². The predicted molar refractivity (Wildman–Crippen MR) is 94.4 cm³/mol. The average molecular weight is 301 g/mol. The molecule has 1 heterocycles. The van der Waals surface area contributed by atoms with Crippen molar-refractivity contribution in [3.8, 4) is 0 Å². The third-order valence-corrected chi connectivity index (χ3v) is 5.09. The molecule has 0 spiro atoms. The molecule has 2 aromatic rings. The molecule has 0 radical (unpaired) electrons. The number of benzene rings is 1. The molecule has 1 atom stereocenters. The van der Waals surface area contributed by atoms with Gasteiger partial charge in [-0.05, 0) is 75.4 Å². The zero-order chi connectivity index (χ0) is 15.4. The maximum atomic E-state index is 3.73. The van der Waals surface area contributed by atoms with Gasteiger partial charge in [-0.1, -0.05) is 25.1 Å². The van der Waals surface area contributed by atoms with Crippen LogP contribution in [-0.2, 0) is 6.42 Å². The van der Waals surface area contributed by atoms with E-state index in [1.54, 1.807) is 0 Å². The van der Waals surface area contributed by atoms with E-state index in [4.69, 9.17) is 0 Å². The first-order valence-electron chi connectivity index (χ1n) is 7.87. The molecular weight excluding hydrogens is 274 g/mol. The second kappa shape index (κ2) is 7.24. The SMILES string of the molecule is CCCNC(Cc1ccc(C)c(C)c1)c1cc(C)sc1C. The van der Waals surface area contributed by atoms with Gasteiger partial charge in [0.15, 0.2) is 0 Å². The lowest BCUT2D eigenvalue weighted by Gasteiger charge is -2.19. The van der Waals surface area contributed by atoms with Crippen molar-refractivity contribution in [2.24, 2.45) is 0 Å². The summed E-state index contributed by atoms with van der Waals surface area (Å²) in [5, 5.41) is 3.73. The smallest absolute Gasteiger partial charge is 0.0371 e. The van der Waals surface area contributed by atoms with Crippen molar-refractivity contribution >= 4 is 11.3 Å². The largest absolute Gasteiger partial charge is 0.310 e. The quantitative estimate of drug-likeness (QED) is 0.767. The van der Waals surface area contributed by atoms with E-state index in [9.17, 15) is 0 Å². The number of rotatable bonds is 6. The topological polar surface area (TPSA) is 12.0 Å². The lowest BCUT2D eigenvalue weighted by atomic mass is 9.96. The van der Waals surface area contributed by atoms with E-state index < -0.39 is 0 Å². The van der Waals surface area contributed by atoms with Crippen LogP contribution >= 0.6 is 11.3 Å². The monoisotopic (exact) mass is 301 g/mol. The van der Waals surface area contributed by atoms with Gasteiger partial charge in [-0.2, -0.15) is 0 Å². The Morgan fingerprint density at radius 1 is 1.05 bits per heavy atom. The van der Waals surface area contributed by atoms with Crippen molar-refractivity contribution in [1.82, 2.24) is 5.32 Å². The first-order chi connectivity index (χ1) is 10.0. The molecule has 1 unspecified atom stereocenters. The van der Waals surface area contributed by atoms with Gasteiger partial charge in [0.2, 0.25) is 0 Å². The molecule has 0 saturated carbocycles. The van der Waals surface area contributed by atoms with Gasteiger partial charge in [0.05, 0.1) is 0 Å². The van der Waals surface area contributed by atoms with Crippen molar-refractivity contribution in [1.29, 1.82) is 0 Å². The van der Waals surface area contributed by atoms with Gasteiger partial charge in [0, 0.05) is 15.8 Å². The lowest BCUT2D eigenvalue weighted by Crippen LogP contribution is -2.24. The van der Waals surface area contributed by atoms with Gasteiger partial charge < -0.3 is 5.32 Å². The van der Waals surface area contributed by atoms with Crippen molar-refractivity contribution in [3.05, 3.63) is 56.3 Å². The summed E-state index contributed by atoms with van der Waals surface area (Å²) in [6, 6.07) is 9.64. The van der Waals surface area contributed by atoms with E-state index in [0.29, 0.717) is 6.04 Å². The number of thiophene rings is 1. The van der Waals surface area contributed by atoms with Gasteiger partial charge in [-0.25, -0.2) is 0 Å². The third kappa shape index (κ3) is 4.18. The highest BCUT2D eigenvalue weighted by Gasteiger charge is 2.16. The van der Waals surface area contributed by atoms with E-state index in [1.165, 1.54) is 38.4 Å². The van der Waals surface area contributed by atoms with Crippen LogP contribution in [0.4, 0.5) is 0 Å². The summed E-state index contributed by atoms with van der Waals surface area (Å²) >= 11 is 1.91. The Morgan fingerprint density at radius 3 is 2.38 bits per heavy atom. The van der Waals surface area contributed by atoms with Crippen LogP contribution in [0.15, 0.2) is 24.3 Å². The fraction of sp³-hybridized carbons (Fsp3) is 0.474. The van der Waals surface area contributed by atoms with Crippen LogP contribution in [0.1, 0.15) is 51.4 Å². The van der Waals surface area contributed by atoms with Crippen LogP contribution in [0, 0.1) is 27.7 Å². The predicted octanol–water partition coefficient (Wildman–Crippen LogP) is 5.27. The Bertz CT molecular complexity index is 598. The minimum atomic E-state index is 0.428. The van der Waals surface area contributed by atoms with Crippen LogP contribution in [0.25, 0.3) is 0 Å². The molecule has 1 nitrogen and oxygen atoms in total. The molecule has 0 saturated heterocycles. The minimum absolute atomic E-state index is 0.428. The number of hydrogen-bond acceptors (Lipinski definition) is 2. The van der Waals surface area contributed by atoms with E-state index in [2.05, 4.69) is 64.2 Å². The van der Waals surface area contributed by atoms with Crippen LogP contribution in [-0.4, -0.2) is 6.54 Å². The molecule has 1 N–H and O–H groups in total. The third-order valence-electron chi connectivity index (χ3n) is 4.11. The maximum Gasteiger partial charge on any atom is 0.0371 e.